The van der Waals surface area contributed by atoms with Gasteiger partial charge in [0.15, 0.2) is 0 Å². The van der Waals surface area contributed by atoms with Gasteiger partial charge in [-0.25, -0.2) is 18.8 Å². The zero-order valence-electron chi connectivity index (χ0n) is 21.7. The first-order valence-corrected chi connectivity index (χ1v) is 12.4. The molecule has 0 aliphatic rings. The molecule has 200 valence electrons. The number of ether oxygens (including phenoxy) is 2. The number of aliphatic hydroxyl groups is 1. The number of thiophene rings is 1. The van der Waals surface area contributed by atoms with E-state index in [-0.39, 0.29) is 18.5 Å². The van der Waals surface area contributed by atoms with Gasteiger partial charge < -0.3 is 19.7 Å². The number of hydrogen-bond donors (Lipinski definition) is 2. The minimum atomic E-state index is -1.83. The zero-order chi connectivity index (χ0) is 27.7. The minimum Gasteiger partial charge on any atom is -0.501 e. The number of methoxy groups -OCH3 is 1. The summed E-state index contributed by atoms with van der Waals surface area (Å²) in [5, 5.41) is 24.8. The predicted molar refractivity (Wildman–Crippen MR) is 140 cm³/mol. The molecule has 2 atom stereocenters. The van der Waals surface area contributed by atoms with Crippen LogP contribution in [0, 0.1) is 6.92 Å². The van der Waals surface area contributed by atoms with Crippen LogP contribution in [0.5, 0.6) is 0 Å². The van der Waals surface area contributed by atoms with Crippen LogP contribution in [0.3, 0.4) is 0 Å². The second-order valence-electron chi connectivity index (χ2n) is 9.15. The molecular formula is C25H32N4O7S. The molecule has 0 fully saturated rings. The lowest BCUT2D eigenvalue weighted by Gasteiger charge is -2.26. The molecule has 0 aromatic carbocycles. The molecular weight excluding hydrogens is 500 g/mol. The molecule has 0 aliphatic heterocycles. The zero-order valence-corrected chi connectivity index (χ0v) is 22.5. The number of aromatic nitrogens is 4. The monoisotopic (exact) mass is 532 g/mol. The predicted octanol–water partition coefficient (Wildman–Crippen LogP) is 2.41. The third-order valence-electron chi connectivity index (χ3n) is 6.15. The van der Waals surface area contributed by atoms with E-state index in [1.54, 1.807) is 50.0 Å². The summed E-state index contributed by atoms with van der Waals surface area (Å²) in [7, 11) is 1.49. The second-order valence-corrected chi connectivity index (χ2v) is 10.1. The Hall–Kier alpha value is -3.48. The molecule has 0 saturated carbocycles. The van der Waals surface area contributed by atoms with Gasteiger partial charge in [0.05, 0.1) is 37.5 Å². The average Bonchev–Trinajstić information content (AvgIpc) is 3.47. The van der Waals surface area contributed by atoms with Gasteiger partial charge in [-0.3, -0.25) is 9.36 Å². The molecule has 0 unspecified atom stereocenters. The smallest absolute Gasteiger partial charge is 0.333 e. The van der Waals surface area contributed by atoms with Crippen LogP contribution in [0.4, 0.5) is 0 Å². The van der Waals surface area contributed by atoms with Gasteiger partial charge in [0.25, 0.3) is 5.56 Å². The SMILES string of the molecule is C=C/C(=C(\C)OC)[C@H](Cn1c(=O)n(C(C)(C)C(=O)O)c(=O)c2c(C)c(-n3cccn3)sc21)OC[C@@H](C)O. The lowest BCUT2D eigenvalue weighted by Crippen LogP contribution is -2.53. The van der Waals surface area contributed by atoms with Crippen molar-refractivity contribution in [3.8, 4) is 5.00 Å². The van der Waals surface area contributed by atoms with Crippen LogP contribution in [0.15, 0.2) is 52.0 Å². The topological polar surface area (TPSA) is 138 Å². The number of aliphatic carboxylic acids is 1. The van der Waals surface area contributed by atoms with E-state index in [9.17, 15) is 24.6 Å². The van der Waals surface area contributed by atoms with E-state index in [0.29, 0.717) is 26.7 Å². The van der Waals surface area contributed by atoms with Crippen molar-refractivity contribution in [3.05, 3.63) is 68.8 Å². The molecule has 12 heteroatoms. The summed E-state index contributed by atoms with van der Waals surface area (Å²) in [5.41, 5.74) is -2.24. The number of carbonyl (C=O) groups is 1. The molecule has 3 aromatic rings. The molecule has 3 heterocycles. The fraction of sp³-hybridized carbons (Fsp3) is 0.440. The highest BCUT2D eigenvalue weighted by Gasteiger charge is 2.36. The lowest BCUT2D eigenvalue weighted by molar-refractivity contribution is -0.146. The first-order chi connectivity index (χ1) is 17.4. The van der Waals surface area contributed by atoms with Gasteiger partial charge in [0.2, 0.25) is 0 Å². The Bertz CT molecular complexity index is 1460. The van der Waals surface area contributed by atoms with Crippen LogP contribution in [0.25, 0.3) is 15.2 Å². The third kappa shape index (κ3) is 5.17. The molecule has 0 saturated heterocycles. The Morgan fingerprint density at radius 3 is 2.54 bits per heavy atom. The van der Waals surface area contributed by atoms with Crippen molar-refractivity contribution in [3.63, 3.8) is 0 Å². The van der Waals surface area contributed by atoms with Crippen LogP contribution in [-0.2, 0) is 26.4 Å². The van der Waals surface area contributed by atoms with Gasteiger partial charge in [0, 0.05) is 23.5 Å². The van der Waals surface area contributed by atoms with Gasteiger partial charge in [-0.05, 0) is 40.7 Å². The molecule has 11 nitrogen and oxygen atoms in total. The minimum absolute atomic E-state index is 0.0425. The highest BCUT2D eigenvalue weighted by atomic mass is 32.1. The summed E-state index contributed by atoms with van der Waals surface area (Å²) >= 11 is 1.19. The highest BCUT2D eigenvalue weighted by molar-refractivity contribution is 7.21. The summed E-state index contributed by atoms with van der Waals surface area (Å²) in [4.78, 5) is 40.0. The van der Waals surface area contributed by atoms with E-state index in [2.05, 4.69) is 11.7 Å². The van der Waals surface area contributed by atoms with E-state index in [1.807, 2.05) is 0 Å². The number of fused-ring (bicyclic) bond motifs is 1. The number of rotatable bonds is 11. The molecule has 0 amide bonds. The first kappa shape index (κ1) is 28.1. The molecule has 2 N–H and O–H groups in total. The number of carboxylic acids is 1. The van der Waals surface area contributed by atoms with Gasteiger partial charge in [-0.1, -0.05) is 24.0 Å². The molecule has 3 rings (SSSR count). The van der Waals surface area contributed by atoms with Gasteiger partial charge in [0.1, 0.15) is 21.5 Å². The largest absolute Gasteiger partial charge is 0.501 e. The van der Waals surface area contributed by atoms with Crippen molar-refractivity contribution < 1.29 is 24.5 Å². The normalized spacial score (nSPS) is 14.4. The van der Waals surface area contributed by atoms with Crippen molar-refractivity contribution in [2.45, 2.75) is 58.9 Å². The number of hydrogen-bond acceptors (Lipinski definition) is 8. The van der Waals surface area contributed by atoms with Gasteiger partial charge >= 0.3 is 11.7 Å². The van der Waals surface area contributed by atoms with E-state index in [4.69, 9.17) is 9.47 Å². The fourth-order valence-corrected chi connectivity index (χ4v) is 5.22. The van der Waals surface area contributed by atoms with E-state index < -0.39 is 35.0 Å². The first-order valence-electron chi connectivity index (χ1n) is 11.6. The van der Waals surface area contributed by atoms with Crippen molar-refractivity contribution in [2.75, 3.05) is 13.7 Å². The third-order valence-corrected chi connectivity index (χ3v) is 7.45. The Morgan fingerprint density at radius 1 is 1.35 bits per heavy atom. The summed E-state index contributed by atoms with van der Waals surface area (Å²) < 4.78 is 15.0. The summed E-state index contributed by atoms with van der Waals surface area (Å²) in [6.45, 7) is 11.3. The second kappa shape index (κ2) is 10.9. The number of carboxylic acid groups (broad SMARTS) is 1. The maximum atomic E-state index is 13.9. The van der Waals surface area contributed by atoms with Crippen LogP contribution < -0.4 is 11.2 Å². The molecule has 0 bridgehead atoms. The van der Waals surface area contributed by atoms with Crippen molar-refractivity contribution in [1.29, 1.82) is 0 Å². The van der Waals surface area contributed by atoms with Crippen molar-refractivity contribution >= 4 is 27.5 Å². The number of aryl methyl sites for hydroxylation is 1. The lowest BCUT2D eigenvalue weighted by atomic mass is 10.1. The molecule has 37 heavy (non-hydrogen) atoms. The molecule has 0 radical (unpaired) electrons. The van der Waals surface area contributed by atoms with Crippen LogP contribution in [0.1, 0.15) is 33.3 Å². The fourth-order valence-electron chi connectivity index (χ4n) is 3.97. The van der Waals surface area contributed by atoms with E-state index in [1.165, 1.54) is 36.9 Å². The standard InChI is InChI=1S/C25H32N4O7S/c1-8-17(16(4)35-7)18(36-13-14(2)30)12-27-22-19(15(3)21(37-22)28-11-9-10-26-28)20(31)29(24(27)34)25(5,6)23(32)33/h8-11,14,18,30H,1,12-13H2,2-7H3,(H,32,33)/b17-16-/t14-,18+/m1/s1. The Morgan fingerprint density at radius 2 is 2.03 bits per heavy atom. The Kier molecular flexibility index (Phi) is 8.25. The quantitative estimate of drug-likeness (QED) is 0.284. The number of aliphatic hydroxyl groups excluding tert-OH is 1. The average molecular weight is 533 g/mol. The van der Waals surface area contributed by atoms with Crippen LogP contribution in [0.2, 0.25) is 0 Å². The summed E-state index contributed by atoms with van der Waals surface area (Å²) in [6, 6.07) is 1.73. The van der Waals surface area contributed by atoms with Crippen molar-refractivity contribution in [2.24, 2.45) is 0 Å². The molecule has 3 aromatic heterocycles. The van der Waals surface area contributed by atoms with Gasteiger partial charge in [-0.2, -0.15) is 5.10 Å². The maximum Gasteiger partial charge on any atom is 0.333 e. The van der Waals surface area contributed by atoms with Gasteiger partial charge in [-0.15, -0.1) is 0 Å². The van der Waals surface area contributed by atoms with E-state index in [0.717, 1.165) is 4.57 Å². The number of allylic oxidation sites excluding steroid dienone is 1. The Labute approximate surface area is 217 Å². The van der Waals surface area contributed by atoms with Crippen LogP contribution >= 0.6 is 11.3 Å². The van der Waals surface area contributed by atoms with Crippen LogP contribution in [-0.4, -0.2) is 61.0 Å². The Balaban J connectivity index is 2.41. The summed E-state index contributed by atoms with van der Waals surface area (Å²) in [6.07, 6.45) is 3.26. The maximum absolute atomic E-state index is 13.9. The van der Waals surface area contributed by atoms with Crippen molar-refractivity contribution in [1.82, 2.24) is 18.9 Å². The summed E-state index contributed by atoms with van der Waals surface area (Å²) in [5.74, 6) is -0.838. The highest BCUT2D eigenvalue weighted by Crippen LogP contribution is 2.32. The molecule has 0 aliphatic carbocycles. The van der Waals surface area contributed by atoms with E-state index >= 15 is 0 Å². The number of nitrogens with zero attached hydrogens (tertiary/aromatic N) is 4. The molecule has 0 spiro atoms.